The molecule has 0 fully saturated rings. The van der Waals surface area contributed by atoms with E-state index in [1.807, 2.05) is 36.6 Å². The van der Waals surface area contributed by atoms with Crippen LogP contribution in [0.15, 0.2) is 41.4 Å². The Morgan fingerprint density at radius 1 is 1.27 bits per heavy atom. The van der Waals surface area contributed by atoms with Crippen LogP contribution in [-0.2, 0) is 9.59 Å². The number of carbonyl (C=O) groups excluding carboxylic acids is 2. The maximum atomic E-state index is 12.0. The number of thiazole rings is 1. The van der Waals surface area contributed by atoms with Gasteiger partial charge in [-0.15, -0.1) is 11.3 Å². The minimum atomic E-state index is -0.329. The van der Waals surface area contributed by atoms with Crippen molar-refractivity contribution >= 4 is 28.3 Å². The molecule has 3 N–H and O–H groups in total. The Hall–Kier alpha value is -2.67. The number of benzene rings is 1. The van der Waals surface area contributed by atoms with E-state index in [0.29, 0.717) is 10.8 Å². The molecule has 0 saturated carbocycles. The van der Waals surface area contributed by atoms with Crippen LogP contribution in [0.2, 0.25) is 0 Å². The van der Waals surface area contributed by atoms with Crippen molar-refractivity contribution in [3.8, 4) is 11.3 Å². The van der Waals surface area contributed by atoms with Crippen LogP contribution in [0.3, 0.4) is 0 Å². The molecule has 7 heteroatoms. The van der Waals surface area contributed by atoms with Crippen LogP contribution in [-0.4, -0.2) is 16.8 Å². The lowest BCUT2D eigenvalue weighted by molar-refractivity contribution is -0.121. The molecule has 0 radical (unpaired) electrons. The molecule has 1 aliphatic rings. The fourth-order valence-corrected chi connectivity index (χ4v) is 2.65. The van der Waals surface area contributed by atoms with Crippen LogP contribution in [0.5, 0.6) is 0 Å². The summed E-state index contributed by atoms with van der Waals surface area (Å²) in [6.45, 7) is 2.03. The Bertz CT molecular complexity index is 749. The molecular weight excluding hydrogens is 300 g/mol. The van der Waals surface area contributed by atoms with Crippen LogP contribution in [0.1, 0.15) is 12.0 Å². The number of rotatable bonds is 3. The summed E-state index contributed by atoms with van der Waals surface area (Å²) in [5.41, 5.74) is 8.28. The zero-order valence-corrected chi connectivity index (χ0v) is 12.7. The second kappa shape index (κ2) is 5.98. The topological polar surface area (TPSA) is 83.1 Å². The first-order chi connectivity index (χ1) is 10.6. The Balaban J connectivity index is 1.70. The van der Waals surface area contributed by atoms with E-state index < -0.39 is 0 Å². The lowest BCUT2D eigenvalue weighted by atomic mass is 10.1. The first-order valence-corrected chi connectivity index (χ1v) is 7.59. The molecule has 2 aromatic rings. The molecule has 0 unspecified atom stereocenters. The number of amides is 2. The van der Waals surface area contributed by atoms with Gasteiger partial charge in [-0.25, -0.2) is 4.98 Å². The number of hydrogen-bond donors (Lipinski definition) is 3. The summed E-state index contributed by atoms with van der Waals surface area (Å²) in [7, 11) is 0. The van der Waals surface area contributed by atoms with Crippen molar-refractivity contribution in [2.24, 2.45) is 0 Å². The van der Waals surface area contributed by atoms with Crippen molar-refractivity contribution < 1.29 is 9.59 Å². The third kappa shape index (κ3) is 3.15. The van der Waals surface area contributed by atoms with Crippen LogP contribution in [0.25, 0.3) is 11.3 Å². The normalized spacial score (nSPS) is 13.9. The highest BCUT2D eigenvalue weighted by atomic mass is 32.1. The molecule has 2 amide bonds. The van der Waals surface area contributed by atoms with Gasteiger partial charge < -0.3 is 0 Å². The van der Waals surface area contributed by atoms with Gasteiger partial charge in [0, 0.05) is 17.4 Å². The zero-order chi connectivity index (χ0) is 15.5. The second-order valence-electron chi connectivity index (χ2n) is 4.85. The highest BCUT2D eigenvalue weighted by Gasteiger charge is 2.16. The van der Waals surface area contributed by atoms with Gasteiger partial charge in [0.25, 0.3) is 5.91 Å². The SMILES string of the molecule is Cc1ccc(-c2csc(NC(=O)C3=CCC(=O)NN3)n2)cc1. The molecule has 1 aromatic heterocycles. The highest BCUT2D eigenvalue weighted by molar-refractivity contribution is 7.14. The van der Waals surface area contributed by atoms with Gasteiger partial charge in [-0.1, -0.05) is 29.8 Å². The third-order valence-corrected chi connectivity index (χ3v) is 3.90. The second-order valence-corrected chi connectivity index (χ2v) is 5.71. The molecule has 0 bridgehead atoms. The number of aromatic nitrogens is 1. The molecule has 0 atom stereocenters. The molecule has 112 valence electrons. The monoisotopic (exact) mass is 314 g/mol. The lowest BCUT2D eigenvalue weighted by Gasteiger charge is -2.15. The standard InChI is InChI=1S/C15H14N4O2S/c1-9-2-4-10(5-3-9)12-8-22-15(16-12)17-14(21)11-6-7-13(20)19-18-11/h2-6,8,18H,7H2,1H3,(H,19,20)(H,16,17,21). The molecule has 0 saturated heterocycles. The molecule has 3 rings (SSSR count). The summed E-state index contributed by atoms with van der Waals surface area (Å²) < 4.78 is 0. The van der Waals surface area contributed by atoms with E-state index >= 15 is 0 Å². The molecule has 22 heavy (non-hydrogen) atoms. The van der Waals surface area contributed by atoms with E-state index in [1.54, 1.807) is 6.08 Å². The Morgan fingerprint density at radius 3 is 2.73 bits per heavy atom. The predicted molar refractivity (Wildman–Crippen MR) is 84.9 cm³/mol. The highest BCUT2D eigenvalue weighted by Crippen LogP contribution is 2.25. The van der Waals surface area contributed by atoms with Crippen LogP contribution in [0.4, 0.5) is 5.13 Å². The number of aryl methyl sites for hydroxylation is 1. The van der Waals surface area contributed by atoms with Crippen molar-refractivity contribution in [1.29, 1.82) is 0 Å². The molecule has 0 spiro atoms. The van der Waals surface area contributed by atoms with Gasteiger partial charge in [0.1, 0.15) is 5.70 Å². The minimum absolute atomic E-state index is 0.174. The summed E-state index contributed by atoms with van der Waals surface area (Å²) >= 11 is 1.36. The number of carbonyl (C=O) groups is 2. The largest absolute Gasteiger partial charge is 0.297 e. The molecule has 6 nitrogen and oxygen atoms in total. The summed E-state index contributed by atoms with van der Waals surface area (Å²) in [6, 6.07) is 8.03. The zero-order valence-electron chi connectivity index (χ0n) is 11.8. The molecule has 2 heterocycles. The van der Waals surface area contributed by atoms with Gasteiger partial charge in [0.15, 0.2) is 5.13 Å². The number of nitrogens with zero attached hydrogens (tertiary/aromatic N) is 1. The average Bonchev–Trinajstić information content (AvgIpc) is 2.97. The summed E-state index contributed by atoms with van der Waals surface area (Å²) in [4.78, 5) is 27.5. The molecule has 1 aliphatic heterocycles. The Labute approximate surface area is 131 Å². The van der Waals surface area contributed by atoms with Crippen LogP contribution >= 0.6 is 11.3 Å². The smallest absolute Gasteiger partial charge is 0.274 e. The van der Waals surface area contributed by atoms with Gasteiger partial charge in [0.05, 0.1) is 5.69 Å². The number of hydrazine groups is 1. The van der Waals surface area contributed by atoms with Crippen molar-refractivity contribution in [2.45, 2.75) is 13.3 Å². The number of nitrogens with one attached hydrogen (secondary N) is 3. The quantitative estimate of drug-likeness (QED) is 0.809. The number of hydrogen-bond acceptors (Lipinski definition) is 5. The van der Waals surface area contributed by atoms with Crippen molar-refractivity contribution in [2.75, 3.05) is 5.32 Å². The van der Waals surface area contributed by atoms with E-state index in [2.05, 4.69) is 21.2 Å². The van der Waals surface area contributed by atoms with E-state index in [-0.39, 0.29) is 18.2 Å². The Kier molecular flexibility index (Phi) is 3.88. The molecule has 1 aromatic carbocycles. The van der Waals surface area contributed by atoms with Gasteiger partial charge in [-0.2, -0.15) is 0 Å². The predicted octanol–water partition coefficient (Wildman–Crippen LogP) is 1.97. The van der Waals surface area contributed by atoms with Crippen LogP contribution < -0.4 is 16.2 Å². The van der Waals surface area contributed by atoms with Crippen molar-refractivity contribution in [3.63, 3.8) is 0 Å². The van der Waals surface area contributed by atoms with Crippen molar-refractivity contribution in [1.82, 2.24) is 15.8 Å². The van der Waals surface area contributed by atoms with E-state index in [9.17, 15) is 9.59 Å². The van der Waals surface area contributed by atoms with Gasteiger partial charge in [0.2, 0.25) is 5.91 Å². The lowest BCUT2D eigenvalue weighted by Crippen LogP contribution is -2.43. The fourth-order valence-electron chi connectivity index (χ4n) is 1.94. The average molecular weight is 314 g/mol. The van der Waals surface area contributed by atoms with E-state index in [1.165, 1.54) is 16.9 Å². The first kappa shape index (κ1) is 14.3. The van der Waals surface area contributed by atoms with Crippen molar-refractivity contribution in [3.05, 3.63) is 47.0 Å². The fraction of sp³-hybridized carbons (Fsp3) is 0.133. The minimum Gasteiger partial charge on any atom is -0.297 e. The summed E-state index contributed by atoms with van der Waals surface area (Å²) in [5.74, 6) is -0.503. The third-order valence-electron chi connectivity index (χ3n) is 3.14. The maximum absolute atomic E-state index is 12.0. The van der Waals surface area contributed by atoms with Crippen LogP contribution in [0, 0.1) is 6.92 Å². The van der Waals surface area contributed by atoms with Gasteiger partial charge in [-0.05, 0) is 13.0 Å². The summed E-state index contributed by atoms with van der Waals surface area (Å²) in [5, 5.41) is 5.12. The first-order valence-electron chi connectivity index (χ1n) is 6.71. The Morgan fingerprint density at radius 2 is 2.05 bits per heavy atom. The van der Waals surface area contributed by atoms with Gasteiger partial charge >= 0.3 is 0 Å². The van der Waals surface area contributed by atoms with E-state index in [4.69, 9.17) is 0 Å². The molecule has 0 aliphatic carbocycles. The number of anilines is 1. The maximum Gasteiger partial charge on any atom is 0.274 e. The summed E-state index contributed by atoms with van der Waals surface area (Å²) in [6.07, 6.45) is 1.73. The molecular formula is C15H14N4O2S. The van der Waals surface area contributed by atoms with E-state index in [0.717, 1.165) is 11.3 Å². The van der Waals surface area contributed by atoms with Gasteiger partial charge in [-0.3, -0.25) is 25.8 Å².